The number of aromatic nitrogens is 1. The van der Waals surface area contributed by atoms with Crippen molar-refractivity contribution in [1.82, 2.24) is 10.3 Å². The molecule has 1 aromatic heterocycles. The van der Waals surface area contributed by atoms with Crippen molar-refractivity contribution in [3.05, 3.63) is 22.0 Å². The second-order valence-corrected chi connectivity index (χ2v) is 3.80. The Labute approximate surface area is 100 Å². The molecule has 0 amide bonds. The van der Waals surface area contributed by atoms with Crippen LogP contribution in [-0.4, -0.2) is 24.1 Å². The molecule has 0 saturated carbocycles. The summed E-state index contributed by atoms with van der Waals surface area (Å²) in [6, 6.07) is 0. The van der Waals surface area contributed by atoms with Crippen LogP contribution in [0.4, 0.5) is 0 Å². The average Bonchev–Trinajstić information content (AvgIpc) is 2.50. The standard InChI is InChI=1S/C11H17ClN2O2/c1-4-13-6-8-9(11(15)16-5-2)7(3)14-10(8)12/h13-14H,4-6H2,1-3H3. The zero-order chi connectivity index (χ0) is 12.1. The predicted octanol–water partition coefficient (Wildman–Crippen LogP) is 2.26. The molecule has 0 unspecified atom stereocenters. The van der Waals surface area contributed by atoms with Crippen LogP contribution in [0.2, 0.25) is 5.15 Å². The van der Waals surface area contributed by atoms with E-state index in [1.165, 1.54) is 0 Å². The Bertz CT molecular complexity index is 374. The summed E-state index contributed by atoms with van der Waals surface area (Å²) in [5.74, 6) is -0.323. The highest BCUT2D eigenvalue weighted by Crippen LogP contribution is 2.23. The van der Waals surface area contributed by atoms with Gasteiger partial charge in [-0.3, -0.25) is 0 Å². The summed E-state index contributed by atoms with van der Waals surface area (Å²) in [6.45, 7) is 7.34. The molecular weight excluding hydrogens is 228 g/mol. The summed E-state index contributed by atoms with van der Waals surface area (Å²) in [5.41, 5.74) is 2.07. The van der Waals surface area contributed by atoms with Crippen LogP contribution in [0, 0.1) is 6.92 Å². The van der Waals surface area contributed by atoms with Crippen molar-refractivity contribution in [3.8, 4) is 0 Å². The van der Waals surface area contributed by atoms with E-state index in [2.05, 4.69) is 10.3 Å². The van der Waals surface area contributed by atoms with Gasteiger partial charge in [0.1, 0.15) is 5.15 Å². The number of rotatable bonds is 5. The highest BCUT2D eigenvalue weighted by atomic mass is 35.5. The second kappa shape index (κ2) is 5.92. The Hall–Kier alpha value is -1.00. The van der Waals surface area contributed by atoms with Gasteiger partial charge in [-0.15, -0.1) is 0 Å². The summed E-state index contributed by atoms with van der Waals surface area (Å²) in [6.07, 6.45) is 0. The first kappa shape index (κ1) is 13.1. The fourth-order valence-electron chi connectivity index (χ4n) is 1.53. The number of nitrogens with one attached hydrogen (secondary N) is 2. The van der Waals surface area contributed by atoms with E-state index in [-0.39, 0.29) is 5.97 Å². The normalized spacial score (nSPS) is 10.5. The van der Waals surface area contributed by atoms with Crippen LogP contribution >= 0.6 is 11.6 Å². The Kier molecular flexibility index (Phi) is 4.83. The van der Waals surface area contributed by atoms with Gasteiger partial charge in [-0.05, 0) is 20.4 Å². The van der Waals surface area contributed by atoms with Gasteiger partial charge in [0, 0.05) is 17.8 Å². The van der Waals surface area contributed by atoms with Crippen molar-refractivity contribution in [2.75, 3.05) is 13.2 Å². The minimum Gasteiger partial charge on any atom is -0.462 e. The number of hydrogen-bond acceptors (Lipinski definition) is 3. The van der Waals surface area contributed by atoms with Crippen LogP contribution in [0.3, 0.4) is 0 Å². The first-order valence-corrected chi connectivity index (χ1v) is 5.74. The first-order valence-electron chi connectivity index (χ1n) is 5.36. The smallest absolute Gasteiger partial charge is 0.340 e. The number of carbonyl (C=O) groups excluding carboxylic acids is 1. The molecule has 1 rings (SSSR count). The molecule has 1 aromatic rings. The molecule has 1 heterocycles. The maximum atomic E-state index is 11.7. The largest absolute Gasteiger partial charge is 0.462 e. The van der Waals surface area contributed by atoms with E-state index in [0.29, 0.717) is 23.9 Å². The predicted molar refractivity (Wildman–Crippen MR) is 63.9 cm³/mol. The van der Waals surface area contributed by atoms with Gasteiger partial charge < -0.3 is 15.0 Å². The van der Waals surface area contributed by atoms with Crippen LogP contribution in [0.25, 0.3) is 0 Å². The molecule has 90 valence electrons. The van der Waals surface area contributed by atoms with Gasteiger partial charge in [0.05, 0.1) is 12.2 Å². The highest BCUT2D eigenvalue weighted by molar-refractivity contribution is 6.31. The summed E-state index contributed by atoms with van der Waals surface area (Å²) >= 11 is 6.03. The van der Waals surface area contributed by atoms with Crippen molar-refractivity contribution < 1.29 is 9.53 Å². The third kappa shape index (κ3) is 2.77. The SMILES string of the molecule is CCNCc1c(Cl)[nH]c(C)c1C(=O)OCC. The minimum atomic E-state index is -0.323. The van der Waals surface area contributed by atoms with Gasteiger partial charge in [0.25, 0.3) is 0 Å². The van der Waals surface area contributed by atoms with Gasteiger partial charge in [-0.25, -0.2) is 4.79 Å². The van der Waals surface area contributed by atoms with Crippen molar-refractivity contribution >= 4 is 17.6 Å². The van der Waals surface area contributed by atoms with Crippen LogP contribution in [0.1, 0.15) is 35.5 Å². The molecule has 0 aliphatic rings. The van der Waals surface area contributed by atoms with Gasteiger partial charge in [0.15, 0.2) is 0 Å². The highest BCUT2D eigenvalue weighted by Gasteiger charge is 2.20. The molecule has 0 aliphatic heterocycles. The number of aromatic amines is 1. The molecule has 0 bridgehead atoms. The van der Waals surface area contributed by atoms with Crippen LogP contribution in [-0.2, 0) is 11.3 Å². The number of hydrogen-bond donors (Lipinski definition) is 2. The van der Waals surface area contributed by atoms with Gasteiger partial charge >= 0.3 is 5.97 Å². The molecule has 16 heavy (non-hydrogen) atoms. The number of aryl methyl sites for hydroxylation is 1. The number of ether oxygens (including phenoxy) is 1. The average molecular weight is 245 g/mol. The minimum absolute atomic E-state index is 0.323. The van der Waals surface area contributed by atoms with E-state index in [1.807, 2.05) is 13.8 Å². The molecule has 0 fully saturated rings. The van der Waals surface area contributed by atoms with Crippen molar-refractivity contribution in [2.24, 2.45) is 0 Å². The molecule has 4 nitrogen and oxygen atoms in total. The lowest BCUT2D eigenvalue weighted by atomic mass is 10.1. The molecule has 0 spiro atoms. The zero-order valence-corrected chi connectivity index (χ0v) is 10.6. The molecule has 0 radical (unpaired) electrons. The maximum absolute atomic E-state index is 11.7. The van der Waals surface area contributed by atoms with Crippen molar-refractivity contribution in [3.63, 3.8) is 0 Å². The van der Waals surface area contributed by atoms with E-state index in [0.717, 1.165) is 17.8 Å². The molecule has 2 N–H and O–H groups in total. The van der Waals surface area contributed by atoms with Crippen LogP contribution in [0.5, 0.6) is 0 Å². The molecule has 0 atom stereocenters. The Morgan fingerprint density at radius 3 is 2.75 bits per heavy atom. The van der Waals surface area contributed by atoms with E-state index in [4.69, 9.17) is 16.3 Å². The van der Waals surface area contributed by atoms with E-state index in [1.54, 1.807) is 6.92 Å². The monoisotopic (exact) mass is 244 g/mol. The number of carbonyl (C=O) groups is 1. The van der Waals surface area contributed by atoms with Crippen molar-refractivity contribution in [2.45, 2.75) is 27.3 Å². The lowest BCUT2D eigenvalue weighted by Crippen LogP contribution is -2.15. The summed E-state index contributed by atoms with van der Waals surface area (Å²) < 4.78 is 5.00. The lowest BCUT2D eigenvalue weighted by molar-refractivity contribution is 0.0524. The van der Waals surface area contributed by atoms with Gasteiger partial charge in [-0.1, -0.05) is 18.5 Å². The summed E-state index contributed by atoms with van der Waals surface area (Å²) in [7, 11) is 0. The third-order valence-electron chi connectivity index (χ3n) is 2.27. The molecular formula is C11H17ClN2O2. The molecule has 0 aromatic carbocycles. The topological polar surface area (TPSA) is 54.1 Å². The molecule has 0 aliphatic carbocycles. The number of halogens is 1. The quantitative estimate of drug-likeness (QED) is 0.782. The van der Waals surface area contributed by atoms with Gasteiger partial charge in [0.2, 0.25) is 0 Å². The molecule has 5 heteroatoms. The number of esters is 1. The van der Waals surface area contributed by atoms with Crippen LogP contribution < -0.4 is 5.32 Å². The summed E-state index contributed by atoms with van der Waals surface area (Å²) in [5, 5.41) is 3.65. The van der Waals surface area contributed by atoms with Gasteiger partial charge in [-0.2, -0.15) is 0 Å². The van der Waals surface area contributed by atoms with Crippen molar-refractivity contribution in [1.29, 1.82) is 0 Å². The number of H-pyrrole nitrogens is 1. The van der Waals surface area contributed by atoms with E-state index >= 15 is 0 Å². The summed E-state index contributed by atoms with van der Waals surface area (Å²) in [4.78, 5) is 14.7. The lowest BCUT2D eigenvalue weighted by Gasteiger charge is -2.05. The van der Waals surface area contributed by atoms with Crippen LogP contribution in [0.15, 0.2) is 0 Å². The Morgan fingerprint density at radius 1 is 1.50 bits per heavy atom. The fourth-order valence-corrected chi connectivity index (χ4v) is 1.84. The maximum Gasteiger partial charge on any atom is 0.340 e. The third-order valence-corrected chi connectivity index (χ3v) is 2.59. The first-order chi connectivity index (χ1) is 7.61. The second-order valence-electron chi connectivity index (χ2n) is 3.42. The zero-order valence-electron chi connectivity index (χ0n) is 9.82. The fraction of sp³-hybridized carbons (Fsp3) is 0.545. The Morgan fingerprint density at radius 2 is 2.19 bits per heavy atom. The molecule has 0 saturated heterocycles. The van der Waals surface area contributed by atoms with E-state index < -0.39 is 0 Å². The van der Waals surface area contributed by atoms with E-state index in [9.17, 15) is 4.79 Å². The Balaban J connectivity index is 3.00.